The third-order valence-electron chi connectivity index (χ3n) is 2.56. The van der Waals surface area contributed by atoms with Gasteiger partial charge < -0.3 is 5.11 Å². The van der Waals surface area contributed by atoms with Crippen molar-refractivity contribution in [1.29, 1.82) is 0 Å². The fraction of sp³-hybridized carbons (Fsp3) is 0.417. The van der Waals surface area contributed by atoms with Crippen LogP contribution in [-0.2, 0) is 11.2 Å². The predicted octanol–water partition coefficient (Wildman–Crippen LogP) is 2.40. The summed E-state index contributed by atoms with van der Waals surface area (Å²) in [6.45, 7) is 2.11. The highest BCUT2D eigenvalue weighted by atomic mass is 79.9. The summed E-state index contributed by atoms with van der Waals surface area (Å²) in [4.78, 5) is 12.4. The van der Waals surface area contributed by atoms with E-state index in [1.54, 1.807) is 0 Å². The number of hydrogen-bond donors (Lipinski definition) is 1. The van der Waals surface area contributed by atoms with Crippen LogP contribution in [0.2, 0.25) is 0 Å². The fourth-order valence-corrected chi connectivity index (χ4v) is 1.98. The molecule has 4 heteroatoms. The highest BCUT2D eigenvalue weighted by Crippen LogP contribution is 2.14. The maximum absolute atomic E-state index is 10.6. The van der Waals surface area contributed by atoms with Gasteiger partial charge in [0.25, 0.3) is 0 Å². The van der Waals surface area contributed by atoms with E-state index in [1.807, 2.05) is 31.0 Å². The number of nitrogens with zero attached hydrogens (tertiary/aromatic N) is 1. The van der Waals surface area contributed by atoms with E-state index in [1.165, 1.54) is 5.56 Å². The number of halogens is 1. The molecule has 0 aliphatic carbocycles. The zero-order valence-electron chi connectivity index (χ0n) is 9.48. The molecule has 0 spiro atoms. The number of likely N-dealkylation sites (N-methyl/N-ethyl adjacent to an activating group) is 1. The molecule has 3 nitrogen and oxygen atoms in total. The molecular weight excluding hydrogens is 270 g/mol. The van der Waals surface area contributed by atoms with E-state index in [-0.39, 0.29) is 12.6 Å². The van der Waals surface area contributed by atoms with Crippen molar-refractivity contribution in [3.05, 3.63) is 34.3 Å². The summed E-state index contributed by atoms with van der Waals surface area (Å²) < 4.78 is 1.05. The molecule has 0 aliphatic heterocycles. The molecule has 0 radical (unpaired) electrons. The molecule has 0 heterocycles. The van der Waals surface area contributed by atoms with Crippen molar-refractivity contribution in [3.63, 3.8) is 0 Å². The maximum Gasteiger partial charge on any atom is 0.317 e. The van der Waals surface area contributed by atoms with Gasteiger partial charge in [-0.2, -0.15) is 0 Å². The SMILES string of the molecule is CC(Cc1cccc(Br)c1)N(C)CC(=O)O. The summed E-state index contributed by atoms with van der Waals surface area (Å²) in [5, 5.41) is 8.69. The van der Waals surface area contributed by atoms with Gasteiger partial charge in [-0.1, -0.05) is 28.1 Å². The Balaban J connectivity index is 2.56. The third kappa shape index (κ3) is 4.33. The molecule has 1 aromatic rings. The van der Waals surface area contributed by atoms with Gasteiger partial charge in [0, 0.05) is 10.5 Å². The van der Waals surface area contributed by atoms with Crippen LogP contribution >= 0.6 is 15.9 Å². The molecular formula is C12H16BrNO2. The normalized spacial score (nSPS) is 12.8. The minimum Gasteiger partial charge on any atom is -0.480 e. The topological polar surface area (TPSA) is 40.5 Å². The van der Waals surface area contributed by atoms with Crippen LogP contribution in [0.25, 0.3) is 0 Å². The molecule has 1 N–H and O–H groups in total. The van der Waals surface area contributed by atoms with Gasteiger partial charge >= 0.3 is 5.97 Å². The predicted molar refractivity (Wildman–Crippen MR) is 67.6 cm³/mol. The number of carboxylic acids is 1. The highest BCUT2D eigenvalue weighted by Gasteiger charge is 2.12. The van der Waals surface area contributed by atoms with Gasteiger partial charge in [-0.25, -0.2) is 0 Å². The molecule has 88 valence electrons. The van der Waals surface area contributed by atoms with E-state index < -0.39 is 5.97 Å². The monoisotopic (exact) mass is 285 g/mol. The van der Waals surface area contributed by atoms with E-state index in [0.717, 1.165) is 10.9 Å². The van der Waals surface area contributed by atoms with E-state index in [9.17, 15) is 4.79 Å². The Morgan fingerprint density at radius 1 is 1.56 bits per heavy atom. The summed E-state index contributed by atoms with van der Waals surface area (Å²) in [6.07, 6.45) is 0.850. The summed E-state index contributed by atoms with van der Waals surface area (Å²) in [6, 6.07) is 8.30. The molecule has 0 saturated carbocycles. The second-order valence-electron chi connectivity index (χ2n) is 3.99. The molecule has 16 heavy (non-hydrogen) atoms. The van der Waals surface area contributed by atoms with Crippen LogP contribution in [0.1, 0.15) is 12.5 Å². The standard InChI is InChI=1S/C12H16BrNO2/c1-9(14(2)8-12(15)16)6-10-4-3-5-11(13)7-10/h3-5,7,9H,6,8H2,1-2H3,(H,15,16). The average Bonchev–Trinajstić information content (AvgIpc) is 2.16. The van der Waals surface area contributed by atoms with Crippen LogP contribution in [0.15, 0.2) is 28.7 Å². The van der Waals surface area contributed by atoms with E-state index in [0.29, 0.717) is 0 Å². The minimum absolute atomic E-state index is 0.0785. The molecule has 1 aromatic carbocycles. The van der Waals surface area contributed by atoms with E-state index in [2.05, 4.69) is 28.1 Å². The Labute approximate surface area is 104 Å². The minimum atomic E-state index is -0.788. The van der Waals surface area contributed by atoms with Gasteiger partial charge in [-0.05, 0) is 38.1 Å². The van der Waals surface area contributed by atoms with Crippen molar-refractivity contribution in [2.45, 2.75) is 19.4 Å². The molecule has 0 aliphatic rings. The number of carboxylic acid groups (broad SMARTS) is 1. The number of aliphatic carboxylic acids is 1. The van der Waals surface area contributed by atoms with Crippen LogP contribution in [0.4, 0.5) is 0 Å². The Kier molecular flexibility index (Phi) is 4.96. The second-order valence-corrected chi connectivity index (χ2v) is 4.91. The summed E-state index contributed by atoms with van der Waals surface area (Å²) in [5.41, 5.74) is 1.21. The number of benzene rings is 1. The van der Waals surface area contributed by atoms with Gasteiger partial charge in [-0.3, -0.25) is 9.69 Å². The largest absolute Gasteiger partial charge is 0.480 e. The van der Waals surface area contributed by atoms with Crippen molar-refractivity contribution >= 4 is 21.9 Å². The lowest BCUT2D eigenvalue weighted by molar-refractivity contribution is -0.138. The molecule has 0 saturated heterocycles. The number of rotatable bonds is 5. The Bertz CT molecular complexity index is 368. The first-order valence-electron chi connectivity index (χ1n) is 5.15. The zero-order chi connectivity index (χ0) is 12.1. The van der Waals surface area contributed by atoms with E-state index in [4.69, 9.17) is 5.11 Å². The zero-order valence-corrected chi connectivity index (χ0v) is 11.1. The number of carbonyl (C=O) groups is 1. The average molecular weight is 286 g/mol. The lowest BCUT2D eigenvalue weighted by Crippen LogP contribution is -2.35. The van der Waals surface area contributed by atoms with Crippen LogP contribution in [0.3, 0.4) is 0 Å². The van der Waals surface area contributed by atoms with Gasteiger partial charge in [0.1, 0.15) is 0 Å². The molecule has 1 rings (SSSR count). The Hall–Kier alpha value is -0.870. The lowest BCUT2D eigenvalue weighted by atomic mass is 10.1. The molecule has 0 fully saturated rings. The Morgan fingerprint density at radius 3 is 2.81 bits per heavy atom. The summed E-state index contributed by atoms with van der Waals surface area (Å²) in [7, 11) is 1.83. The van der Waals surface area contributed by atoms with Crippen molar-refractivity contribution in [3.8, 4) is 0 Å². The summed E-state index contributed by atoms with van der Waals surface area (Å²) >= 11 is 3.42. The summed E-state index contributed by atoms with van der Waals surface area (Å²) in [5.74, 6) is -0.788. The molecule has 0 amide bonds. The number of hydrogen-bond acceptors (Lipinski definition) is 2. The van der Waals surface area contributed by atoms with Gasteiger partial charge in [0.15, 0.2) is 0 Å². The first-order valence-corrected chi connectivity index (χ1v) is 5.95. The highest BCUT2D eigenvalue weighted by molar-refractivity contribution is 9.10. The van der Waals surface area contributed by atoms with Crippen molar-refractivity contribution < 1.29 is 9.90 Å². The smallest absolute Gasteiger partial charge is 0.317 e. The second kappa shape index (κ2) is 6.01. The Morgan fingerprint density at radius 2 is 2.25 bits per heavy atom. The van der Waals surface area contributed by atoms with E-state index >= 15 is 0 Å². The molecule has 1 unspecified atom stereocenters. The maximum atomic E-state index is 10.6. The quantitative estimate of drug-likeness (QED) is 0.903. The van der Waals surface area contributed by atoms with Crippen molar-refractivity contribution in [1.82, 2.24) is 4.90 Å². The third-order valence-corrected chi connectivity index (χ3v) is 3.05. The lowest BCUT2D eigenvalue weighted by Gasteiger charge is -2.22. The van der Waals surface area contributed by atoms with Crippen molar-refractivity contribution in [2.24, 2.45) is 0 Å². The fourth-order valence-electron chi connectivity index (χ4n) is 1.53. The van der Waals surface area contributed by atoms with Crippen LogP contribution < -0.4 is 0 Å². The van der Waals surface area contributed by atoms with Crippen LogP contribution in [0, 0.1) is 0 Å². The van der Waals surface area contributed by atoms with Gasteiger partial charge in [0.2, 0.25) is 0 Å². The first kappa shape index (κ1) is 13.2. The van der Waals surface area contributed by atoms with Crippen LogP contribution in [-0.4, -0.2) is 35.6 Å². The molecule has 0 aromatic heterocycles. The molecule has 1 atom stereocenters. The van der Waals surface area contributed by atoms with Gasteiger partial charge in [-0.15, -0.1) is 0 Å². The molecule has 0 bridgehead atoms. The van der Waals surface area contributed by atoms with Gasteiger partial charge in [0.05, 0.1) is 6.54 Å². The van der Waals surface area contributed by atoms with Crippen molar-refractivity contribution in [2.75, 3.05) is 13.6 Å². The van der Waals surface area contributed by atoms with Crippen LogP contribution in [0.5, 0.6) is 0 Å². The first-order chi connectivity index (χ1) is 7.49.